The van der Waals surface area contributed by atoms with Crippen LogP contribution in [0.4, 0.5) is 5.69 Å². The van der Waals surface area contributed by atoms with Crippen LogP contribution in [0, 0.1) is 0 Å². The van der Waals surface area contributed by atoms with Crippen LogP contribution in [0.2, 0.25) is 10.0 Å². The number of rotatable bonds is 3. The number of benzene rings is 2. The molecule has 3 nitrogen and oxygen atoms in total. The Bertz CT molecular complexity index is 764. The van der Waals surface area contributed by atoms with Crippen molar-refractivity contribution < 1.29 is 9.53 Å². The molecule has 1 aliphatic rings. The molecule has 0 aliphatic carbocycles. The molecule has 0 radical (unpaired) electrons. The molecule has 1 N–H and O–H groups in total. The molecular weight excluding hydrogens is 413 g/mol. The van der Waals surface area contributed by atoms with Gasteiger partial charge >= 0.3 is 5.97 Å². The van der Waals surface area contributed by atoms with Gasteiger partial charge in [-0.05, 0) is 43.2 Å². The largest absolute Gasteiger partial charge is 0.464 e. The first-order valence-corrected chi connectivity index (χ1v) is 9.22. The molecule has 6 heteroatoms. The molecule has 2 aromatic rings. The number of carbonyl (C=O) groups is 1. The predicted octanol–water partition coefficient (Wildman–Crippen LogP) is 5.64. The molecule has 0 saturated heterocycles. The van der Waals surface area contributed by atoms with E-state index in [2.05, 4.69) is 21.2 Å². The van der Waals surface area contributed by atoms with Gasteiger partial charge in [-0.25, -0.2) is 4.79 Å². The fraction of sp³-hybridized carbons (Fsp3) is 0.278. The molecule has 2 unspecified atom stereocenters. The summed E-state index contributed by atoms with van der Waals surface area (Å²) >= 11 is 16.1. The Kier molecular flexibility index (Phi) is 5.38. The zero-order valence-electron chi connectivity index (χ0n) is 13.0. The van der Waals surface area contributed by atoms with Gasteiger partial charge in [0.15, 0.2) is 0 Å². The van der Waals surface area contributed by atoms with Crippen molar-refractivity contribution in [3.63, 3.8) is 0 Å². The highest BCUT2D eigenvalue weighted by atomic mass is 79.9. The van der Waals surface area contributed by atoms with E-state index in [0.717, 1.165) is 21.3 Å². The first-order chi connectivity index (χ1) is 11.5. The van der Waals surface area contributed by atoms with E-state index in [1.165, 1.54) is 0 Å². The molecule has 24 heavy (non-hydrogen) atoms. The Morgan fingerprint density at radius 2 is 2.00 bits per heavy atom. The van der Waals surface area contributed by atoms with Crippen LogP contribution in [0.15, 0.2) is 40.9 Å². The van der Waals surface area contributed by atoms with Gasteiger partial charge in [0.25, 0.3) is 0 Å². The maximum Gasteiger partial charge on any atom is 0.328 e. The lowest BCUT2D eigenvalue weighted by molar-refractivity contribution is -0.144. The maximum atomic E-state index is 12.3. The maximum absolute atomic E-state index is 12.3. The van der Waals surface area contributed by atoms with Gasteiger partial charge < -0.3 is 10.1 Å². The smallest absolute Gasteiger partial charge is 0.328 e. The number of hydrogen-bond acceptors (Lipinski definition) is 3. The number of nitrogens with one attached hydrogen (secondary N) is 1. The minimum atomic E-state index is -0.430. The van der Waals surface area contributed by atoms with E-state index in [4.69, 9.17) is 27.9 Å². The average molecular weight is 429 g/mol. The van der Waals surface area contributed by atoms with Gasteiger partial charge in [-0.2, -0.15) is 0 Å². The van der Waals surface area contributed by atoms with Crippen LogP contribution in [-0.4, -0.2) is 18.6 Å². The third kappa shape index (κ3) is 3.56. The fourth-order valence-electron chi connectivity index (χ4n) is 3.05. The quantitative estimate of drug-likeness (QED) is 0.643. The van der Waals surface area contributed by atoms with Crippen LogP contribution < -0.4 is 5.32 Å². The Labute approximate surface area is 159 Å². The van der Waals surface area contributed by atoms with Crippen LogP contribution >= 0.6 is 39.1 Å². The highest BCUT2D eigenvalue weighted by Crippen LogP contribution is 2.44. The monoisotopic (exact) mass is 427 g/mol. The number of esters is 1. The van der Waals surface area contributed by atoms with E-state index in [9.17, 15) is 4.79 Å². The average Bonchev–Trinajstić information content (AvgIpc) is 2.54. The summed E-state index contributed by atoms with van der Waals surface area (Å²) in [6.07, 6.45) is 0.578. The second-order valence-corrected chi connectivity index (χ2v) is 7.40. The van der Waals surface area contributed by atoms with Crippen molar-refractivity contribution in [3.05, 3.63) is 62.0 Å². The molecule has 0 saturated carbocycles. The van der Waals surface area contributed by atoms with Crippen molar-refractivity contribution in [1.82, 2.24) is 0 Å². The van der Waals surface area contributed by atoms with Gasteiger partial charge in [0.1, 0.15) is 6.04 Å². The summed E-state index contributed by atoms with van der Waals surface area (Å²) in [5, 5.41) is 4.35. The lowest BCUT2D eigenvalue weighted by atomic mass is 9.82. The lowest BCUT2D eigenvalue weighted by Crippen LogP contribution is -2.37. The Hall–Kier alpha value is -1.23. The highest BCUT2D eigenvalue weighted by Gasteiger charge is 2.34. The van der Waals surface area contributed by atoms with Gasteiger partial charge in [-0.3, -0.25) is 0 Å². The number of hydrogen-bond donors (Lipinski definition) is 1. The summed E-state index contributed by atoms with van der Waals surface area (Å²) in [5.41, 5.74) is 2.84. The molecule has 3 rings (SSSR count). The molecule has 2 atom stereocenters. The third-order valence-electron chi connectivity index (χ3n) is 4.09. The van der Waals surface area contributed by atoms with Crippen molar-refractivity contribution >= 4 is 50.8 Å². The Morgan fingerprint density at radius 3 is 2.67 bits per heavy atom. The van der Waals surface area contributed by atoms with Gasteiger partial charge in [0.2, 0.25) is 0 Å². The zero-order valence-corrected chi connectivity index (χ0v) is 16.1. The van der Waals surface area contributed by atoms with Crippen LogP contribution in [0.1, 0.15) is 30.4 Å². The van der Waals surface area contributed by atoms with Crippen molar-refractivity contribution in [2.45, 2.75) is 25.3 Å². The molecule has 126 valence electrons. The molecular formula is C18H16BrCl2NO2. The molecule has 0 aromatic heterocycles. The molecule has 2 aromatic carbocycles. The second kappa shape index (κ2) is 7.34. The molecule has 0 fully saturated rings. The first kappa shape index (κ1) is 17.6. The van der Waals surface area contributed by atoms with Gasteiger partial charge in [-0.15, -0.1) is 0 Å². The van der Waals surface area contributed by atoms with E-state index in [1.807, 2.05) is 24.3 Å². The summed E-state index contributed by atoms with van der Waals surface area (Å²) in [4.78, 5) is 12.3. The Balaban J connectivity index is 2.06. The third-order valence-corrected chi connectivity index (χ3v) is 5.15. The van der Waals surface area contributed by atoms with Crippen LogP contribution in [0.5, 0.6) is 0 Å². The summed E-state index contributed by atoms with van der Waals surface area (Å²) < 4.78 is 6.19. The highest BCUT2D eigenvalue weighted by molar-refractivity contribution is 9.10. The molecule has 1 heterocycles. The van der Waals surface area contributed by atoms with E-state index in [-0.39, 0.29) is 11.9 Å². The molecule has 0 spiro atoms. The first-order valence-electron chi connectivity index (χ1n) is 7.67. The van der Waals surface area contributed by atoms with Crippen LogP contribution in [0.25, 0.3) is 0 Å². The summed E-state index contributed by atoms with van der Waals surface area (Å²) in [7, 11) is 0. The van der Waals surface area contributed by atoms with E-state index in [1.54, 1.807) is 19.1 Å². The normalized spacial score (nSPS) is 19.3. The van der Waals surface area contributed by atoms with Crippen LogP contribution in [-0.2, 0) is 9.53 Å². The number of anilines is 1. The van der Waals surface area contributed by atoms with Crippen molar-refractivity contribution in [3.8, 4) is 0 Å². The number of ether oxygens (including phenoxy) is 1. The minimum absolute atomic E-state index is 0.00600. The number of halogens is 3. The van der Waals surface area contributed by atoms with Crippen LogP contribution in [0.3, 0.4) is 0 Å². The number of fused-ring (bicyclic) bond motifs is 1. The predicted molar refractivity (Wildman–Crippen MR) is 101 cm³/mol. The fourth-order valence-corrected chi connectivity index (χ4v) is 3.94. The SMILES string of the molecule is CCOC(=O)C1CC(c2ccc(Br)cc2)c2c(Cl)cc(Cl)cc2N1. The standard InChI is InChI=1S/C18H16BrCl2NO2/c1-2-24-18(23)16-9-13(10-3-5-11(19)6-4-10)17-14(21)7-12(20)8-15(17)22-16/h3-8,13,16,22H,2,9H2,1H3. The topological polar surface area (TPSA) is 38.3 Å². The van der Waals surface area contributed by atoms with Crippen molar-refractivity contribution in [1.29, 1.82) is 0 Å². The Morgan fingerprint density at radius 1 is 1.29 bits per heavy atom. The lowest BCUT2D eigenvalue weighted by Gasteiger charge is -2.33. The van der Waals surface area contributed by atoms with Gasteiger partial charge in [0.05, 0.1) is 6.61 Å². The minimum Gasteiger partial charge on any atom is -0.464 e. The van der Waals surface area contributed by atoms with E-state index < -0.39 is 6.04 Å². The molecule has 0 amide bonds. The molecule has 1 aliphatic heterocycles. The number of carbonyl (C=O) groups excluding carboxylic acids is 1. The van der Waals surface area contributed by atoms with Crippen molar-refractivity contribution in [2.75, 3.05) is 11.9 Å². The van der Waals surface area contributed by atoms with Gasteiger partial charge in [-0.1, -0.05) is 51.3 Å². The van der Waals surface area contributed by atoms with Crippen molar-refractivity contribution in [2.24, 2.45) is 0 Å². The zero-order chi connectivity index (χ0) is 17.3. The second-order valence-electron chi connectivity index (χ2n) is 5.64. The summed E-state index contributed by atoms with van der Waals surface area (Å²) in [5.74, 6) is -0.269. The summed E-state index contributed by atoms with van der Waals surface area (Å²) in [6, 6.07) is 11.2. The van der Waals surface area contributed by atoms with E-state index in [0.29, 0.717) is 23.1 Å². The van der Waals surface area contributed by atoms with E-state index >= 15 is 0 Å². The van der Waals surface area contributed by atoms with Gasteiger partial charge in [0, 0.05) is 31.7 Å². The summed E-state index contributed by atoms with van der Waals surface area (Å²) in [6.45, 7) is 2.15. The molecule has 0 bridgehead atoms.